The Morgan fingerprint density at radius 2 is 2.00 bits per heavy atom. The predicted octanol–water partition coefficient (Wildman–Crippen LogP) is 1.11. The topological polar surface area (TPSA) is 83.8 Å². The Morgan fingerprint density at radius 3 is 2.71 bits per heavy atom. The Kier molecular flexibility index (Phi) is 2.77. The van der Waals surface area contributed by atoms with Crippen LogP contribution < -0.4 is 0 Å². The zero-order valence-electron chi connectivity index (χ0n) is 12.2. The van der Waals surface area contributed by atoms with Gasteiger partial charge in [0.15, 0.2) is 0 Å². The molecule has 0 aliphatic heterocycles. The number of hydrogen-bond donors (Lipinski definition) is 2. The first-order valence-electron chi connectivity index (χ1n) is 7.79. The van der Waals surface area contributed by atoms with Crippen LogP contribution >= 0.6 is 0 Å². The molecule has 5 nitrogen and oxygen atoms in total. The van der Waals surface area contributed by atoms with Crippen molar-refractivity contribution in [2.45, 2.75) is 62.8 Å². The molecule has 1 spiro atoms. The van der Waals surface area contributed by atoms with Gasteiger partial charge in [0.05, 0.1) is 24.1 Å². The molecule has 0 radical (unpaired) electrons. The zero-order chi connectivity index (χ0) is 15.0. The molecule has 4 rings (SSSR count). The number of aliphatic hydroxyl groups excluding tert-OH is 1. The van der Waals surface area contributed by atoms with E-state index >= 15 is 0 Å². The van der Waals surface area contributed by atoms with Gasteiger partial charge in [0.2, 0.25) is 0 Å². The molecular formula is C15H22O5S. The van der Waals surface area contributed by atoms with Crippen LogP contribution in [0.2, 0.25) is 0 Å². The van der Waals surface area contributed by atoms with E-state index in [1.807, 2.05) is 0 Å². The fourth-order valence-electron chi connectivity index (χ4n) is 5.71. The summed E-state index contributed by atoms with van der Waals surface area (Å²) in [4.78, 5) is 0. The molecule has 0 saturated heterocycles. The second-order valence-corrected chi connectivity index (χ2v) is 8.86. The molecular weight excluding hydrogens is 292 g/mol. The highest BCUT2D eigenvalue weighted by Crippen LogP contribution is 2.69. The highest BCUT2D eigenvalue weighted by Gasteiger charge is 2.69. The summed E-state index contributed by atoms with van der Waals surface area (Å²) in [5.74, 6) is 0.297. The van der Waals surface area contributed by atoms with E-state index < -0.39 is 33.3 Å². The van der Waals surface area contributed by atoms with Gasteiger partial charge in [-0.25, -0.2) is 0 Å². The van der Waals surface area contributed by atoms with Crippen LogP contribution in [0.3, 0.4) is 0 Å². The summed E-state index contributed by atoms with van der Waals surface area (Å²) in [6.07, 6.45) is 5.13. The van der Waals surface area contributed by atoms with E-state index in [-0.39, 0.29) is 0 Å². The van der Waals surface area contributed by atoms with Crippen molar-refractivity contribution in [3.63, 3.8) is 0 Å². The highest BCUT2D eigenvalue weighted by molar-refractivity contribution is 7.86. The number of rotatable bonds is 2. The first-order chi connectivity index (χ1) is 9.77. The third-order valence-corrected chi connectivity index (χ3v) is 6.91. The van der Waals surface area contributed by atoms with Crippen molar-refractivity contribution in [1.29, 1.82) is 0 Å². The first kappa shape index (κ1) is 14.2. The van der Waals surface area contributed by atoms with Crippen molar-refractivity contribution < 1.29 is 22.8 Å². The predicted molar refractivity (Wildman–Crippen MR) is 75.9 cm³/mol. The normalized spacial score (nSPS) is 48.6. The molecule has 0 aromatic heterocycles. The summed E-state index contributed by atoms with van der Waals surface area (Å²) in [5.41, 5.74) is 0.771. The molecule has 118 valence electrons. The quantitative estimate of drug-likeness (QED) is 0.589. The van der Waals surface area contributed by atoms with Crippen molar-refractivity contribution in [2.75, 3.05) is 6.26 Å². The molecule has 0 heterocycles. The molecule has 6 heteroatoms. The van der Waals surface area contributed by atoms with Crippen LogP contribution in [-0.2, 0) is 14.3 Å². The van der Waals surface area contributed by atoms with E-state index in [9.17, 15) is 18.6 Å². The minimum Gasteiger partial charge on any atom is -0.389 e. The van der Waals surface area contributed by atoms with E-state index in [0.29, 0.717) is 25.2 Å². The number of aliphatic hydroxyl groups is 2. The molecule has 2 N–H and O–H groups in total. The zero-order valence-corrected chi connectivity index (χ0v) is 13.0. The lowest BCUT2D eigenvalue weighted by atomic mass is 9.62. The van der Waals surface area contributed by atoms with Gasteiger partial charge < -0.3 is 10.2 Å². The lowest BCUT2D eigenvalue weighted by molar-refractivity contribution is -0.0817. The van der Waals surface area contributed by atoms with Gasteiger partial charge in [-0.1, -0.05) is 5.57 Å². The average Bonchev–Trinajstić information content (AvgIpc) is 2.97. The Labute approximate surface area is 125 Å². The van der Waals surface area contributed by atoms with Gasteiger partial charge in [0.25, 0.3) is 10.1 Å². The maximum atomic E-state index is 11.6. The maximum absolute atomic E-state index is 11.6. The maximum Gasteiger partial charge on any atom is 0.264 e. The molecule has 0 bridgehead atoms. The van der Waals surface area contributed by atoms with Crippen molar-refractivity contribution in [3.05, 3.63) is 11.1 Å². The molecule has 0 amide bonds. The lowest BCUT2D eigenvalue weighted by Crippen LogP contribution is -2.52. The summed E-state index contributed by atoms with van der Waals surface area (Å²) in [5, 5.41) is 21.5. The van der Waals surface area contributed by atoms with Crippen molar-refractivity contribution in [2.24, 2.45) is 11.3 Å². The molecule has 4 aliphatic carbocycles. The second-order valence-electron chi connectivity index (χ2n) is 7.26. The Hall–Kier alpha value is -0.430. The molecule has 0 unspecified atom stereocenters. The van der Waals surface area contributed by atoms with Crippen LogP contribution in [0.25, 0.3) is 0 Å². The van der Waals surface area contributed by atoms with Crippen LogP contribution in [-0.4, -0.2) is 42.7 Å². The standard InChI is InChI=1S/C15H22O5S/c1-21(18,19)20-12-4-6-14(17)5-3-10-11(16)8-9-2-7-15(12,14)13(9)10/h9,11-12,16-17H,2-8H2,1H3/t9-,11+,12-,14-,15+/m0/s1. The van der Waals surface area contributed by atoms with E-state index in [2.05, 4.69) is 0 Å². The smallest absolute Gasteiger partial charge is 0.264 e. The van der Waals surface area contributed by atoms with Gasteiger partial charge in [-0.05, 0) is 56.4 Å². The summed E-state index contributed by atoms with van der Waals surface area (Å²) in [6.45, 7) is 0. The molecule has 21 heavy (non-hydrogen) atoms. The molecule has 0 aromatic carbocycles. The SMILES string of the molecule is CS(=O)(=O)O[C@H]1CC[C@@]2(O)CCC3=C4[C@@H](CC[C@]412)C[C@H]3O. The molecule has 4 aliphatic rings. The molecule has 2 fully saturated rings. The lowest BCUT2D eigenvalue weighted by Gasteiger charge is -2.47. The Bertz CT molecular complexity index is 624. The fraction of sp³-hybridized carbons (Fsp3) is 0.867. The van der Waals surface area contributed by atoms with Gasteiger partial charge in [-0.2, -0.15) is 8.42 Å². The minimum absolute atomic E-state index is 0.297. The molecule has 0 aromatic rings. The van der Waals surface area contributed by atoms with E-state index in [4.69, 9.17) is 4.18 Å². The average molecular weight is 314 g/mol. The van der Waals surface area contributed by atoms with E-state index in [0.717, 1.165) is 43.1 Å². The van der Waals surface area contributed by atoms with Crippen LogP contribution in [0.4, 0.5) is 0 Å². The third-order valence-electron chi connectivity index (χ3n) is 6.33. The van der Waals surface area contributed by atoms with Gasteiger partial charge in [-0.15, -0.1) is 0 Å². The Morgan fingerprint density at radius 1 is 1.24 bits per heavy atom. The van der Waals surface area contributed by atoms with E-state index in [1.54, 1.807) is 0 Å². The molecule has 5 atom stereocenters. The van der Waals surface area contributed by atoms with Crippen LogP contribution in [0.15, 0.2) is 11.1 Å². The second kappa shape index (κ2) is 4.10. The van der Waals surface area contributed by atoms with Gasteiger partial charge in [0, 0.05) is 5.41 Å². The highest BCUT2D eigenvalue weighted by atomic mass is 32.2. The van der Waals surface area contributed by atoms with Crippen LogP contribution in [0, 0.1) is 11.3 Å². The first-order valence-corrected chi connectivity index (χ1v) is 9.61. The van der Waals surface area contributed by atoms with Gasteiger partial charge >= 0.3 is 0 Å². The fourth-order valence-corrected chi connectivity index (χ4v) is 6.39. The molecule has 2 saturated carbocycles. The van der Waals surface area contributed by atoms with Crippen LogP contribution in [0.5, 0.6) is 0 Å². The third kappa shape index (κ3) is 1.70. The summed E-state index contributed by atoms with van der Waals surface area (Å²) >= 11 is 0. The van der Waals surface area contributed by atoms with E-state index in [1.165, 1.54) is 0 Å². The summed E-state index contributed by atoms with van der Waals surface area (Å²) in [7, 11) is -3.55. The van der Waals surface area contributed by atoms with Gasteiger partial charge in [0.1, 0.15) is 0 Å². The van der Waals surface area contributed by atoms with Crippen molar-refractivity contribution >= 4 is 10.1 Å². The summed E-state index contributed by atoms with van der Waals surface area (Å²) < 4.78 is 28.6. The van der Waals surface area contributed by atoms with Crippen molar-refractivity contribution in [3.8, 4) is 0 Å². The van der Waals surface area contributed by atoms with Crippen LogP contribution in [0.1, 0.15) is 44.9 Å². The minimum atomic E-state index is -3.55. The number of hydrogen-bond acceptors (Lipinski definition) is 5. The largest absolute Gasteiger partial charge is 0.389 e. The van der Waals surface area contributed by atoms with Gasteiger partial charge in [-0.3, -0.25) is 4.18 Å². The Balaban J connectivity index is 1.86. The summed E-state index contributed by atoms with van der Waals surface area (Å²) in [6, 6.07) is 0. The monoisotopic (exact) mass is 314 g/mol. The van der Waals surface area contributed by atoms with Crippen molar-refractivity contribution in [1.82, 2.24) is 0 Å².